The molecule has 1 N–H and O–H groups in total. The Balaban J connectivity index is 2.79. The molecule has 1 amide bonds. The third kappa shape index (κ3) is 3.12. The highest BCUT2D eigenvalue weighted by Gasteiger charge is 2.39. The van der Waals surface area contributed by atoms with E-state index in [1.165, 1.54) is 6.08 Å². The molecule has 1 atom stereocenters. The van der Waals surface area contributed by atoms with Gasteiger partial charge in [-0.2, -0.15) is 13.2 Å². The molecule has 1 aromatic rings. The van der Waals surface area contributed by atoms with Crippen LogP contribution in [0.4, 0.5) is 13.2 Å². The predicted molar refractivity (Wildman–Crippen MR) is 53.6 cm³/mol. The molecule has 0 aliphatic rings. The molecule has 1 unspecified atom stereocenters. The third-order valence-corrected chi connectivity index (χ3v) is 1.94. The van der Waals surface area contributed by atoms with Gasteiger partial charge in [-0.05, 0) is 5.56 Å². The van der Waals surface area contributed by atoms with Gasteiger partial charge in [0.05, 0.1) is 6.04 Å². The van der Waals surface area contributed by atoms with Crippen LogP contribution in [0.25, 0.3) is 0 Å². The lowest BCUT2D eigenvalue weighted by molar-refractivity contribution is -0.174. The topological polar surface area (TPSA) is 29.1 Å². The molecule has 0 radical (unpaired) electrons. The number of nitrogens with one attached hydrogen (secondary N) is 1. The van der Waals surface area contributed by atoms with Crippen molar-refractivity contribution in [2.75, 3.05) is 0 Å². The molecule has 16 heavy (non-hydrogen) atoms. The predicted octanol–water partition coefficient (Wildman–Crippen LogP) is 2.59. The van der Waals surface area contributed by atoms with Gasteiger partial charge in [0.1, 0.15) is 0 Å². The average molecular weight is 229 g/mol. The first kappa shape index (κ1) is 12.3. The Morgan fingerprint density at radius 1 is 1.31 bits per heavy atom. The number of halogens is 3. The van der Waals surface area contributed by atoms with Gasteiger partial charge in [-0.1, -0.05) is 36.4 Å². The van der Waals surface area contributed by atoms with Gasteiger partial charge in [-0.3, -0.25) is 4.79 Å². The van der Waals surface area contributed by atoms with Crippen LogP contribution in [-0.4, -0.2) is 12.1 Å². The average Bonchev–Trinajstić information content (AvgIpc) is 2.25. The quantitative estimate of drug-likeness (QED) is 0.793. The number of alkyl halides is 3. The minimum Gasteiger partial charge on any atom is -0.338 e. The highest BCUT2D eigenvalue weighted by Crippen LogP contribution is 2.19. The number of carbonyl (C=O) groups excluding carboxylic acids is 1. The lowest BCUT2D eigenvalue weighted by Gasteiger charge is -2.16. The maximum absolute atomic E-state index is 12.0. The van der Waals surface area contributed by atoms with Crippen molar-refractivity contribution in [3.8, 4) is 0 Å². The van der Waals surface area contributed by atoms with Gasteiger partial charge < -0.3 is 5.32 Å². The first-order valence-corrected chi connectivity index (χ1v) is 4.50. The van der Waals surface area contributed by atoms with Gasteiger partial charge in [0.25, 0.3) is 0 Å². The van der Waals surface area contributed by atoms with E-state index < -0.39 is 18.1 Å². The Bertz CT molecular complexity index is 373. The minimum absolute atomic E-state index is 0.551. The second-order valence-electron chi connectivity index (χ2n) is 3.10. The first-order chi connectivity index (χ1) is 7.45. The maximum atomic E-state index is 12.0. The van der Waals surface area contributed by atoms with E-state index >= 15 is 0 Å². The molecule has 0 bridgehead atoms. The van der Waals surface area contributed by atoms with Gasteiger partial charge in [-0.15, -0.1) is 6.58 Å². The number of hydrogen-bond acceptors (Lipinski definition) is 1. The van der Waals surface area contributed by atoms with Crippen molar-refractivity contribution >= 4 is 5.91 Å². The van der Waals surface area contributed by atoms with Crippen LogP contribution in [0.5, 0.6) is 0 Å². The minimum atomic E-state index is -4.88. The molecule has 1 rings (SSSR count). The van der Waals surface area contributed by atoms with Crippen LogP contribution >= 0.6 is 0 Å². The fraction of sp³-hybridized carbons (Fsp3) is 0.182. The van der Waals surface area contributed by atoms with Gasteiger partial charge in [-0.25, -0.2) is 0 Å². The van der Waals surface area contributed by atoms with Gasteiger partial charge in [0.15, 0.2) is 0 Å². The van der Waals surface area contributed by atoms with Crippen LogP contribution in [0.3, 0.4) is 0 Å². The Kier molecular flexibility index (Phi) is 3.71. The van der Waals surface area contributed by atoms with E-state index in [1.807, 2.05) is 5.32 Å². The zero-order valence-corrected chi connectivity index (χ0v) is 8.29. The molecule has 0 fully saturated rings. The summed E-state index contributed by atoms with van der Waals surface area (Å²) in [7, 11) is 0. The Morgan fingerprint density at radius 2 is 1.88 bits per heavy atom. The monoisotopic (exact) mass is 229 g/mol. The molecular weight excluding hydrogens is 219 g/mol. The molecule has 5 heteroatoms. The van der Waals surface area contributed by atoms with Crippen molar-refractivity contribution in [2.45, 2.75) is 12.2 Å². The van der Waals surface area contributed by atoms with Crippen LogP contribution in [0.15, 0.2) is 43.0 Å². The molecule has 1 aromatic carbocycles. The zero-order chi connectivity index (χ0) is 12.2. The van der Waals surface area contributed by atoms with Crippen molar-refractivity contribution in [1.82, 2.24) is 5.32 Å². The smallest absolute Gasteiger partial charge is 0.338 e. The summed E-state index contributed by atoms with van der Waals surface area (Å²) in [6.07, 6.45) is -3.63. The van der Waals surface area contributed by atoms with Crippen LogP contribution in [-0.2, 0) is 4.79 Å². The normalized spacial score (nSPS) is 12.9. The van der Waals surface area contributed by atoms with E-state index in [9.17, 15) is 18.0 Å². The zero-order valence-electron chi connectivity index (χ0n) is 8.29. The SMILES string of the molecule is C=CC(NC(=O)C(F)(F)F)c1ccccc1. The van der Waals surface area contributed by atoms with Gasteiger partial charge >= 0.3 is 12.1 Å². The van der Waals surface area contributed by atoms with Crippen molar-refractivity contribution in [2.24, 2.45) is 0 Å². The molecular formula is C11H10F3NO. The summed E-state index contributed by atoms with van der Waals surface area (Å²) in [5.41, 5.74) is 0.551. The lowest BCUT2D eigenvalue weighted by atomic mass is 10.1. The van der Waals surface area contributed by atoms with Crippen LogP contribution in [0, 0.1) is 0 Å². The molecule has 0 saturated carbocycles. The van der Waals surface area contributed by atoms with Crippen LogP contribution < -0.4 is 5.32 Å². The largest absolute Gasteiger partial charge is 0.471 e. The molecule has 0 heterocycles. The Morgan fingerprint density at radius 3 is 2.31 bits per heavy atom. The second kappa shape index (κ2) is 4.83. The van der Waals surface area contributed by atoms with Crippen molar-refractivity contribution < 1.29 is 18.0 Å². The number of amides is 1. The summed E-state index contributed by atoms with van der Waals surface area (Å²) in [4.78, 5) is 10.7. The van der Waals surface area contributed by atoms with Gasteiger partial charge in [0, 0.05) is 0 Å². The van der Waals surface area contributed by atoms with E-state index in [4.69, 9.17) is 0 Å². The highest BCUT2D eigenvalue weighted by atomic mass is 19.4. The van der Waals surface area contributed by atoms with Crippen molar-refractivity contribution in [1.29, 1.82) is 0 Å². The highest BCUT2D eigenvalue weighted by molar-refractivity contribution is 5.82. The van der Waals surface area contributed by atoms with Crippen LogP contribution in [0.2, 0.25) is 0 Å². The standard InChI is InChI=1S/C11H10F3NO/c1-2-9(8-6-4-3-5-7-8)15-10(16)11(12,13)14/h2-7,9H,1H2,(H,15,16). The lowest BCUT2D eigenvalue weighted by Crippen LogP contribution is -2.38. The molecule has 0 aliphatic carbocycles. The van der Waals surface area contributed by atoms with Crippen LogP contribution in [0.1, 0.15) is 11.6 Å². The van der Waals surface area contributed by atoms with E-state index in [1.54, 1.807) is 30.3 Å². The summed E-state index contributed by atoms with van der Waals surface area (Å²) in [5, 5.41) is 1.84. The van der Waals surface area contributed by atoms with E-state index in [-0.39, 0.29) is 0 Å². The Labute approximate surface area is 90.8 Å². The number of carbonyl (C=O) groups is 1. The summed E-state index contributed by atoms with van der Waals surface area (Å²) >= 11 is 0. The van der Waals surface area contributed by atoms with Crippen molar-refractivity contribution in [3.05, 3.63) is 48.6 Å². The maximum Gasteiger partial charge on any atom is 0.471 e. The summed E-state index contributed by atoms with van der Waals surface area (Å²) in [6, 6.07) is 7.47. The van der Waals surface area contributed by atoms with E-state index in [0.717, 1.165) is 0 Å². The fourth-order valence-electron chi connectivity index (χ4n) is 1.16. The Hall–Kier alpha value is -1.78. The molecule has 0 saturated heterocycles. The fourth-order valence-corrected chi connectivity index (χ4v) is 1.16. The summed E-state index contributed by atoms with van der Waals surface area (Å²) in [6.45, 7) is 3.39. The summed E-state index contributed by atoms with van der Waals surface area (Å²) in [5.74, 6) is -1.97. The first-order valence-electron chi connectivity index (χ1n) is 4.50. The molecule has 2 nitrogen and oxygen atoms in total. The molecule has 0 spiro atoms. The number of benzene rings is 1. The van der Waals surface area contributed by atoms with Gasteiger partial charge in [0.2, 0.25) is 0 Å². The van der Waals surface area contributed by atoms with E-state index in [2.05, 4.69) is 6.58 Å². The number of hydrogen-bond donors (Lipinski definition) is 1. The van der Waals surface area contributed by atoms with Crippen molar-refractivity contribution in [3.63, 3.8) is 0 Å². The summed E-state index contributed by atoms with van der Waals surface area (Å²) < 4.78 is 36.0. The van der Waals surface area contributed by atoms with E-state index in [0.29, 0.717) is 5.56 Å². The molecule has 0 aliphatic heterocycles. The third-order valence-electron chi connectivity index (χ3n) is 1.94. The number of rotatable bonds is 3. The molecule has 86 valence electrons. The molecule has 0 aromatic heterocycles. The second-order valence-corrected chi connectivity index (χ2v) is 3.10.